The van der Waals surface area contributed by atoms with Crippen molar-refractivity contribution >= 4 is 26.7 Å². The maximum absolute atomic E-state index is 13.1. The maximum atomic E-state index is 13.1. The van der Waals surface area contributed by atoms with Crippen molar-refractivity contribution in [2.45, 2.75) is 12.3 Å². The molecule has 0 N–H and O–H groups in total. The van der Waals surface area contributed by atoms with Crippen molar-refractivity contribution in [1.29, 1.82) is 0 Å². The van der Waals surface area contributed by atoms with Gasteiger partial charge < -0.3 is 0 Å². The van der Waals surface area contributed by atoms with E-state index in [4.69, 9.17) is 0 Å². The van der Waals surface area contributed by atoms with E-state index in [1.54, 1.807) is 0 Å². The summed E-state index contributed by atoms with van der Waals surface area (Å²) in [6, 6.07) is 21.7. The molecule has 2 heteroatoms. The molecule has 0 amide bonds. The Labute approximate surface area is 132 Å². The lowest BCUT2D eigenvalue weighted by atomic mass is 9.91. The summed E-state index contributed by atoms with van der Waals surface area (Å²) in [5, 5.41) is 3.43. The molecule has 0 aliphatic heterocycles. The van der Waals surface area contributed by atoms with Crippen LogP contribution in [0.4, 0.5) is 4.39 Å². The molecule has 21 heavy (non-hydrogen) atoms. The van der Waals surface area contributed by atoms with E-state index in [0.29, 0.717) is 5.92 Å². The third kappa shape index (κ3) is 3.16. The fourth-order valence-electron chi connectivity index (χ4n) is 2.73. The van der Waals surface area contributed by atoms with Gasteiger partial charge in [-0.2, -0.15) is 0 Å². The Bertz CT molecular complexity index is 729. The predicted octanol–water partition coefficient (Wildman–Crippen LogP) is 5.70. The van der Waals surface area contributed by atoms with Crippen molar-refractivity contribution in [2.24, 2.45) is 0 Å². The fourth-order valence-corrected chi connectivity index (χ4v) is 3.34. The monoisotopic (exact) mass is 342 g/mol. The molecule has 0 radical (unpaired) electrons. The molecule has 0 spiro atoms. The Hall–Kier alpha value is -1.67. The number of fused-ring (bicyclic) bond motifs is 1. The first kappa shape index (κ1) is 14.3. The van der Waals surface area contributed by atoms with Crippen LogP contribution in [0.5, 0.6) is 0 Å². The van der Waals surface area contributed by atoms with Gasteiger partial charge in [0.15, 0.2) is 0 Å². The quantitative estimate of drug-likeness (QED) is 0.533. The van der Waals surface area contributed by atoms with Crippen LogP contribution in [-0.2, 0) is 6.42 Å². The summed E-state index contributed by atoms with van der Waals surface area (Å²) >= 11 is 3.60. The predicted molar refractivity (Wildman–Crippen MR) is 90.6 cm³/mol. The second-order valence-electron chi connectivity index (χ2n) is 5.25. The summed E-state index contributed by atoms with van der Waals surface area (Å²) in [5.74, 6) is 0.161. The second kappa shape index (κ2) is 6.40. The van der Waals surface area contributed by atoms with Gasteiger partial charge in [-0.15, -0.1) is 0 Å². The van der Waals surface area contributed by atoms with Gasteiger partial charge in [-0.25, -0.2) is 4.39 Å². The summed E-state index contributed by atoms with van der Waals surface area (Å²) < 4.78 is 13.1. The number of hydrogen-bond acceptors (Lipinski definition) is 0. The van der Waals surface area contributed by atoms with Gasteiger partial charge in [-0.1, -0.05) is 70.5 Å². The van der Waals surface area contributed by atoms with E-state index in [1.165, 1.54) is 34.0 Å². The molecular formula is C19H16BrF. The number of alkyl halides is 1. The maximum Gasteiger partial charge on any atom is 0.123 e. The van der Waals surface area contributed by atoms with E-state index in [-0.39, 0.29) is 5.82 Å². The van der Waals surface area contributed by atoms with E-state index in [9.17, 15) is 4.39 Å². The van der Waals surface area contributed by atoms with Gasteiger partial charge in [0.25, 0.3) is 0 Å². The molecule has 0 saturated heterocycles. The van der Waals surface area contributed by atoms with Crippen molar-refractivity contribution < 1.29 is 4.39 Å². The molecular weight excluding hydrogens is 327 g/mol. The normalized spacial score (nSPS) is 12.5. The van der Waals surface area contributed by atoms with Crippen LogP contribution in [0.25, 0.3) is 10.8 Å². The number of benzene rings is 3. The van der Waals surface area contributed by atoms with Gasteiger partial charge in [-0.05, 0) is 46.4 Å². The molecule has 0 heterocycles. The molecule has 0 aliphatic carbocycles. The van der Waals surface area contributed by atoms with Crippen LogP contribution in [0.1, 0.15) is 17.0 Å². The smallest absolute Gasteiger partial charge is 0.123 e. The lowest BCUT2D eigenvalue weighted by molar-refractivity contribution is 0.625. The minimum Gasteiger partial charge on any atom is -0.207 e. The molecule has 1 atom stereocenters. The molecule has 0 bridgehead atoms. The molecule has 3 rings (SSSR count). The van der Waals surface area contributed by atoms with E-state index in [1.807, 2.05) is 12.1 Å². The van der Waals surface area contributed by atoms with Crippen molar-refractivity contribution in [2.75, 3.05) is 5.33 Å². The van der Waals surface area contributed by atoms with E-state index < -0.39 is 0 Å². The summed E-state index contributed by atoms with van der Waals surface area (Å²) in [6.07, 6.45) is 0.943. The van der Waals surface area contributed by atoms with E-state index in [0.717, 1.165) is 11.8 Å². The first-order chi connectivity index (χ1) is 10.3. The standard InChI is InChI=1S/C19H16BrF/c20-13-17(14-8-10-18(21)11-9-14)12-16-6-3-5-15-4-1-2-7-19(15)16/h1-11,17H,12-13H2. The first-order valence-corrected chi connectivity index (χ1v) is 8.18. The van der Waals surface area contributed by atoms with Crippen LogP contribution in [0.3, 0.4) is 0 Å². The van der Waals surface area contributed by atoms with Crippen LogP contribution in [0.2, 0.25) is 0 Å². The Kier molecular flexibility index (Phi) is 4.35. The Morgan fingerprint density at radius 2 is 1.57 bits per heavy atom. The number of halogens is 2. The zero-order valence-electron chi connectivity index (χ0n) is 11.6. The minimum atomic E-state index is -0.183. The van der Waals surface area contributed by atoms with Crippen LogP contribution in [-0.4, -0.2) is 5.33 Å². The Morgan fingerprint density at radius 3 is 2.33 bits per heavy atom. The molecule has 106 valence electrons. The van der Waals surface area contributed by atoms with Crippen LogP contribution in [0.15, 0.2) is 66.7 Å². The summed E-state index contributed by atoms with van der Waals surface area (Å²) in [5.41, 5.74) is 2.50. The van der Waals surface area contributed by atoms with Crippen molar-refractivity contribution in [1.82, 2.24) is 0 Å². The van der Waals surface area contributed by atoms with E-state index >= 15 is 0 Å². The topological polar surface area (TPSA) is 0 Å². The Balaban J connectivity index is 1.94. The fraction of sp³-hybridized carbons (Fsp3) is 0.158. The second-order valence-corrected chi connectivity index (χ2v) is 5.89. The lowest BCUT2D eigenvalue weighted by Crippen LogP contribution is -2.05. The highest BCUT2D eigenvalue weighted by Gasteiger charge is 2.12. The van der Waals surface area contributed by atoms with Gasteiger partial charge >= 0.3 is 0 Å². The molecule has 3 aromatic carbocycles. The SMILES string of the molecule is Fc1ccc(C(CBr)Cc2cccc3ccccc23)cc1. The highest BCUT2D eigenvalue weighted by Crippen LogP contribution is 2.27. The third-order valence-corrected chi connectivity index (χ3v) is 4.66. The first-order valence-electron chi connectivity index (χ1n) is 7.06. The molecule has 0 nitrogen and oxygen atoms in total. The van der Waals surface area contributed by atoms with Crippen molar-refractivity contribution in [3.05, 3.63) is 83.7 Å². The average molecular weight is 343 g/mol. The molecule has 0 aromatic heterocycles. The molecule has 0 saturated carbocycles. The van der Waals surface area contributed by atoms with Crippen molar-refractivity contribution in [3.8, 4) is 0 Å². The molecule has 0 fully saturated rings. The van der Waals surface area contributed by atoms with Crippen LogP contribution in [0, 0.1) is 5.82 Å². The largest absolute Gasteiger partial charge is 0.207 e. The Morgan fingerprint density at radius 1 is 0.857 bits per heavy atom. The molecule has 0 aliphatic rings. The summed E-state index contributed by atoms with van der Waals surface area (Å²) in [4.78, 5) is 0. The molecule has 3 aromatic rings. The highest BCUT2D eigenvalue weighted by atomic mass is 79.9. The van der Waals surface area contributed by atoms with Gasteiger partial charge in [0.2, 0.25) is 0 Å². The van der Waals surface area contributed by atoms with Gasteiger partial charge in [0, 0.05) is 5.33 Å². The lowest BCUT2D eigenvalue weighted by Gasteiger charge is -2.16. The third-order valence-electron chi connectivity index (χ3n) is 3.87. The summed E-state index contributed by atoms with van der Waals surface area (Å²) in [7, 11) is 0. The number of rotatable bonds is 4. The van der Waals surface area contributed by atoms with E-state index in [2.05, 4.69) is 58.4 Å². The average Bonchev–Trinajstić information content (AvgIpc) is 2.54. The summed E-state index contributed by atoms with van der Waals surface area (Å²) in [6.45, 7) is 0. The zero-order chi connectivity index (χ0) is 14.7. The van der Waals surface area contributed by atoms with Crippen LogP contribution < -0.4 is 0 Å². The van der Waals surface area contributed by atoms with Crippen molar-refractivity contribution in [3.63, 3.8) is 0 Å². The number of hydrogen-bond donors (Lipinski definition) is 0. The van der Waals surface area contributed by atoms with Gasteiger partial charge in [-0.3, -0.25) is 0 Å². The van der Waals surface area contributed by atoms with Gasteiger partial charge in [0.05, 0.1) is 0 Å². The molecule has 1 unspecified atom stereocenters. The highest BCUT2D eigenvalue weighted by molar-refractivity contribution is 9.09. The minimum absolute atomic E-state index is 0.183. The van der Waals surface area contributed by atoms with Gasteiger partial charge in [0.1, 0.15) is 5.82 Å². The zero-order valence-corrected chi connectivity index (χ0v) is 13.2. The van der Waals surface area contributed by atoms with Crippen LogP contribution >= 0.6 is 15.9 Å².